The zero-order valence-electron chi connectivity index (χ0n) is 15.5. The summed E-state index contributed by atoms with van der Waals surface area (Å²) in [4.78, 5) is 34.5. The van der Waals surface area contributed by atoms with E-state index in [2.05, 4.69) is 15.3 Å². The molecule has 1 aliphatic rings. The Hall–Kier alpha value is -2.85. The lowest BCUT2D eigenvalue weighted by Gasteiger charge is -2.34. The number of piperazine rings is 1. The molecule has 1 saturated heterocycles. The monoisotopic (exact) mass is 440 g/mol. The molecule has 29 heavy (non-hydrogen) atoms. The summed E-state index contributed by atoms with van der Waals surface area (Å²) in [6.07, 6.45) is 0.843. The second-order valence-corrected chi connectivity index (χ2v) is 6.92. The molecule has 2 heterocycles. The molecule has 1 aromatic carbocycles. The van der Waals surface area contributed by atoms with Crippen molar-refractivity contribution in [3.05, 3.63) is 44.7 Å². The molecule has 1 aliphatic heterocycles. The molecule has 2 aromatic rings. The number of amides is 1. The van der Waals surface area contributed by atoms with Gasteiger partial charge in [-0.3, -0.25) is 10.1 Å². The van der Waals surface area contributed by atoms with E-state index in [-0.39, 0.29) is 17.3 Å². The second kappa shape index (κ2) is 9.10. The van der Waals surface area contributed by atoms with Crippen LogP contribution < -0.4 is 10.2 Å². The molecule has 0 bridgehead atoms. The number of anilines is 3. The number of nitrogens with zero attached hydrogens (tertiary/aromatic N) is 5. The fourth-order valence-corrected chi connectivity index (χ4v) is 3.35. The zero-order valence-corrected chi connectivity index (χ0v) is 17.0. The SMILES string of the molecule is CCOC(=O)N1CCN(c2ncnc(Nc3ccc(Cl)cc3Cl)c2[N+](=O)[O-])CC1. The molecule has 10 nitrogen and oxygen atoms in total. The summed E-state index contributed by atoms with van der Waals surface area (Å²) in [5, 5.41) is 15.4. The van der Waals surface area contributed by atoms with Crippen molar-refractivity contribution in [2.45, 2.75) is 6.92 Å². The summed E-state index contributed by atoms with van der Waals surface area (Å²) in [7, 11) is 0. The Morgan fingerprint density at radius 1 is 1.28 bits per heavy atom. The number of hydrogen-bond donors (Lipinski definition) is 1. The largest absolute Gasteiger partial charge is 0.450 e. The highest BCUT2D eigenvalue weighted by molar-refractivity contribution is 6.36. The highest BCUT2D eigenvalue weighted by atomic mass is 35.5. The van der Waals surface area contributed by atoms with Gasteiger partial charge < -0.3 is 19.9 Å². The van der Waals surface area contributed by atoms with E-state index in [9.17, 15) is 14.9 Å². The van der Waals surface area contributed by atoms with Crippen molar-refractivity contribution in [3.8, 4) is 0 Å². The first-order chi connectivity index (χ1) is 13.9. The third kappa shape index (κ3) is 4.77. The van der Waals surface area contributed by atoms with Gasteiger partial charge in [0.25, 0.3) is 0 Å². The van der Waals surface area contributed by atoms with Gasteiger partial charge in [0.15, 0.2) is 0 Å². The van der Waals surface area contributed by atoms with Crippen molar-refractivity contribution in [1.29, 1.82) is 0 Å². The minimum Gasteiger partial charge on any atom is -0.450 e. The van der Waals surface area contributed by atoms with Crippen LogP contribution in [0.2, 0.25) is 10.0 Å². The van der Waals surface area contributed by atoms with Crippen LogP contribution >= 0.6 is 23.2 Å². The van der Waals surface area contributed by atoms with E-state index in [0.717, 1.165) is 0 Å². The lowest BCUT2D eigenvalue weighted by Crippen LogP contribution is -2.49. The minimum atomic E-state index is -0.542. The summed E-state index contributed by atoms with van der Waals surface area (Å²) >= 11 is 12.0. The molecule has 3 rings (SSSR count). The van der Waals surface area contributed by atoms with E-state index in [4.69, 9.17) is 27.9 Å². The molecule has 1 fully saturated rings. The molecule has 1 amide bonds. The maximum Gasteiger partial charge on any atom is 0.409 e. The Labute approximate surface area is 176 Å². The first kappa shape index (κ1) is 20.9. The number of carbonyl (C=O) groups excluding carboxylic acids is 1. The molecule has 154 valence electrons. The van der Waals surface area contributed by atoms with Crippen LogP contribution in [0.3, 0.4) is 0 Å². The van der Waals surface area contributed by atoms with Gasteiger partial charge in [0.05, 0.1) is 22.2 Å². The molecule has 12 heteroatoms. The lowest BCUT2D eigenvalue weighted by molar-refractivity contribution is -0.383. The molecule has 0 radical (unpaired) electrons. The average Bonchev–Trinajstić information content (AvgIpc) is 2.70. The number of benzene rings is 1. The van der Waals surface area contributed by atoms with Gasteiger partial charge in [-0.2, -0.15) is 0 Å². The molecule has 0 unspecified atom stereocenters. The van der Waals surface area contributed by atoms with Gasteiger partial charge in [-0.1, -0.05) is 23.2 Å². The van der Waals surface area contributed by atoms with Crippen molar-refractivity contribution in [2.75, 3.05) is 43.0 Å². The maximum atomic E-state index is 11.8. The van der Waals surface area contributed by atoms with Gasteiger partial charge in [-0.05, 0) is 25.1 Å². The Bertz CT molecular complexity index is 921. The maximum absolute atomic E-state index is 11.8. The van der Waals surface area contributed by atoms with E-state index in [1.165, 1.54) is 12.4 Å². The first-order valence-electron chi connectivity index (χ1n) is 8.78. The zero-order chi connectivity index (χ0) is 21.0. The van der Waals surface area contributed by atoms with E-state index < -0.39 is 11.0 Å². The van der Waals surface area contributed by atoms with Crippen LogP contribution in [-0.4, -0.2) is 58.7 Å². The van der Waals surface area contributed by atoms with Crippen molar-refractivity contribution in [1.82, 2.24) is 14.9 Å². The van der Waals surface area contributed by atoms with Crippen LogP contribution in [0.5, 0.6) is 0 Å². The van der Waals surface area contributed by atoms with E-state index in [1.54, 1.807) is 28.9 Å². The molecular weight excluding hydrogens is 423 g/mol. The quantitative estimate of drug-likeness (QED) is 0.552. The lowest BCUT2D eigenvalue weighted by atomic mass is 10.3. The van der Waals surface area contributed by atoms with Crippen molar-refractivity contribution in [2.24, 2.45) is 0 Å². The fourth-order valence-electron chi connectivity index (χ4n) is 2.89. The summed E-state index contributed by atoms with van der Waals surface area (Å²) in [6.45, 7) is 3.51. The molecule has 0 saturated carbocycles. The Morgan fingerprint density at radius 3 is 2.62 bits per heavy atom. The number of nitrogens with one attached hydrogen (secondary N) is 1. The highest BCUT2D eigenvalue weighted by Crippen LogP contribution is 2.36. The summed E-state index contributed by atoms with van der Waals surface area (Å²) in [6, 6.07) is 4.74. The van der Waals surface area contributed by atoms with Crippen molar-refractivity contribution >= 4 is 52.3 Å². The highest BCUT2D eigenvalue weighted by Gasteiger charge is 2.31. The number of aromatic nitrogens is 2. The smallest absolute Gasteiger partial charge is 0.409 e. The van der Waals surface area contributed by atoms with E-state index >= 15 is 0 Å². The van der Waals surface area contributed by atoms with E-state index in [0.29, 0.717) is 48.5 Å². The third-order valence-corrected chi connectivity index (χ3v) is 4.82. The minimum absolute atomic E-state index is 0.0112. The molecular formula is C17H18Cl2N6O4. The number of hydrogen-bond acceptors (Lipinski definition) is 8. The Morgan fingerprint density at radius 2 is 2.00 bits per heavy atom. The second-order valence-electron chi connectivity index (χ2n) is 6.07. The number of halogens is 2. The van der Waals surface area contributed by atoms with Gasteiger partial charge in [0.1, 0.15) is 6.33 Å². The number of nitro groups is 1. The van der Waals surface area contributed by atoms with Gasteiger partial charge in [-0.15, -0.1) is 0 Å². The van der Waals surface area contributed by atoms with Gasteiger partial charge in [0.2, 0.25) is 11.6 Å². The molecule has 1 aromatic heterocycles. The topological polar surface area (TPSA) is 114 Å². The predicted octanol–water partition coefficient (Wildman–Crippen LogP) is 3.71. The van der Waals surface area contributed by atoms with Gasteiger partial charge >= 0.3 is 11.8 Å². The normalized spacial score (nSPS) is 13.9. The van der Waals surface area contributed by atoms with Crippen LogP contribution in [0, 0.1) is 10.1 Å². The Balaban J connectivity index is 1.84. The number of carbonyl (C=O) groups is 1. The third-order valence-electron chi connectivity index (χ3n) is 4.27. The first-order valence-corrected chi connectivity index (χ1v) is 9.54. The summed E-state index contributed by atoms with van der Waals surface area (Å²) in [5.41, 5.74) is 0.152. The summed E-state index contributed by atoms with van der Waals surface area (Å²) in [5.74, 6) is 0.179. The standard InChI is InChI=1S/C17H18Cl2N6O4/c1-2-29-17(26)24-7-5-23(6-8-24)16-14(25(27)28)15(20-10-21-16)22-13-4-3-11(18)9-12(13)19/h3-4,9-10H,2,5-8H2,1H3,(H,20,21,22). The molecule has 0 atom stereocenters. The number of rotatable bonds is 5. The van der Waals surface area contributed by atoms with Gasteiger partial charge in [-0.25, -0.2) is 14.8 Å². The fraction of sp³-hybridized carbons (Fsp3) is 0.353. The van der Waals surface area contributed by atoms with Crippen molar-refractivity contribution in [3.63, 3.8) is 0 Å². The van der Waals surface area contributed by atoms with Crippen LogP contribution in [0.4, 0.5) is 27.8 Å². The average molecular weight is 441 g/mol. The van der Waals surface area contributed by atoms with Crippen LogP contribution in [0.25, 0.3) is 0 Å². The van der Waals surface area contributed by atoms with Crippen molar-refractivity contribution < 1.29 is 14.5 Å². The van der Waals surface area contributed by atoms with Crippen LogP contribution in [0.15, 0.2) is 24.5 Å². The van der Waals surface area contributed by atoms with E-state index in [1.807, 2.05) is 0 Å². The predicted molar refractivity (Wildman–Crippen MR) is 109 cm³/mol. The number of ether oxygens (including phenoxy) is 1. The van der Waals surface area contributed by atoms with Crippen LogP contribution in [0.1, 0.15) is 6.92 Å². The summed E-state index contributed by atoms with van der Waals surface area (Å²) < 4.78 is 4.99. The molecule has 0 aliphatic carbocycles. The molecule has 0 spiro atoms. The molecule has 1 N–H and O–H groups in total. The van der Waals surface area contributed by atoms with Gasteiger partial charge in [0, 0.05) is 31.2 Å². The Kier molecular flexibility index (Phi) is 6.55. The van der Waals surface area contributed by atoms with Crippen LogP contribution in [-0.2, 0) is 4.74 Å².